The Morgan fingerprint density at radius 3 is 2.50 bits per heavy atom. The van der Waals surface area contributed by atoms with Crippen molar-refractivity contribution >= 4 is 22.1 Å². The van der Waals surface area contributed by atoms with E-state index in [0.29, 0.717) is 5.56 Å². The number of carbonyl (C=O) groups is 1. The molecule has 0 aliphatic heterocycles. The standard InChI is InChI=1S/C11H10N2O4S/c12-7-8-13-18(16,17)10-4-1-9(2-5-10)3-6-11(14)15/h1-6,13H,8H2,(H,14,15). The summed E-state index contributed by atoms with van der Waals surface area (Å²) < 4.78 is 25.3. The van der Waals surface area contributed by atoms with Crippen molar-refractivity contribution in [1.82, 2.24) is 4.72 Å². The van der Waals surface area contributed by atoms with Gasteiger partial charge in [0.25, 0.3) is 0 Å². The van der Waals surface area contributed by atoms with Gasteiger partial charge in [0.1, 0.15) is 0 Å². The van der Waals surface area contributed by atoms with E-state index in [1.807, 2.05) is 0 Å². The van der Waals surface area contributed by atoms with Crippen molar-refractivity contribution < 1.29 is 18.3 Å². The number of benzene rings is 1. The van der Waals surface area contributed by atoms with E-state index >= 15 is 0 Å². The molecule has 0 saturated heterocycles. The first-order chi connectivity index (χ1) is 8.45. The van der Waals surface area contributed by atoms with Crippen molar-refractivity contribution in [2.24, 2.45) is 0 Å². The molecule has 0 aliphatic rings. The third-order valence-electron chi connectivity index (χ3n) is 1.95. The molecule has 0 fully saturated rings. The molecule has 0 radical (unpaired) electrons. The molecule has 1 rings (SSSR count). The molecule has 1 aromatic rings. The second-order valence-corrected chi connectivity index (χ2v) is 4.99. The van der Waals surface area contributed by atoms with Gasteiger partial charge in [-0.05, 0) is 23.8 Å². The van der Waals surface area contributed by atoms with Crippen LogP contribution in [0.15, 0.2) is 35.2 Å². The highest BCUT2D eigenvalue weighted by Gasteiger charge is 2.12. The molecular formula is C11H10N2O4S. The Bertz CT molecular complexity index is 597. The van der Waals surface area contributed by atoms with Gasteiger partial charge in [0.15, 0.2) is 0 Å². The Balaban J connectivity index is 2.90. The van der Waals surface area contributed by atoms with Gasteiger partial charge in [-0.2, -0.15) is 9.98 Å². The number of nitriles is 1. The third kappa shape index (κ3) is 4.01. The molecule has 0 aromatic heterocycles. The molecule has 0 atom stereocenters. The van der Waals surface area contributed by atoms with E-state index in [2.05, 4.69) is 4.72 Å². The van der Waals surface area contributed by atoms with Gasteiger partial charge in [0.05, 0.1) is 17.5 Å². The minimum absolute atomic E-state index is 0.0187. The van der Waals surface area contributed by atoms with Gasteiger partial charge < -0.3 is 5.11 Å². The molecule has 0 saturated carbocycles. The lowest BCUT2D eigenvalue weighted by molar-refractivity contribution is -0.131. The van der Waals surface area contributed by atoms with Crippen molar-refractivity contribution in [2.45, 2.75) is 4.90 Å². The maximum absolute atomic E-state index is 11.6. The van der Waals surface area contributed by atoms with Crippen LogP contribution in [0.4, 0.5) is 0 Å². The number of carboxylic acid groups (broad SMARTS) is 1. The topological polar surface area (TPSA) is 107 Å². The lowest BCUT2D eigenvalue weighted by Crippen LogP contribution is -2.23. The number of sulfonamides is 1. The van der Waals surface area contributed by atoms with E-state index in [1.54, 1.807) is 6.07 Å². The number of carboxylic acids is 1. The summed E-state index contributed by atoms with van der Waals surface area (Å²) in [6, 6.07) is 7.29. The molecule has 0 amide bonds. The normalized spacial score (nSPS) is 11.3. The van der Waals surface area contributed by atoms with Crippen molar-refractivity contribution in [3.05, 3.63) is 35.9 Å². The summed E-state index contributed by atoms with van der Waals surface area (Å²) in [6.07, 6.45) is 2.30. The zero-order valence-electron chi connectivity index (χ0n) is 9.20. The molecule has 0 spiro atoms. The molecule has 0 bridgehead atoms. The number of hydrogen-bond acceptors (Lipinski definition) is 4. The van der Waals surface area contributed by atoms with Crippen LogP contribution in [0.5, 0.6) is 0 Å². The molecule has 18 heavy (non-hydrogen) atoms. The summed E-state index contributed by atoms with van der Waals surface area (Å²) in [5.74, 6) is -1.08. The van der Waals surface area contributed by atoms with Crippen LogP contribution in [0.3, 0.4) is 0 Å². The van der Waals surface area contributed by atoms with Crippen LogP contribution in [-0.4, -0.2) is 26.0 Å². The van der Waals surface area contributed by atoms with Gasteiger partial charge >= 0.3 is 5.97 Å². The van der Waals surface area contributed by atoms with Crippen LogP contribution >= 0.6 is 0 Å². The van der Waals surface area contributed by atoms with Crippen LogP contribution in [0.1, 0.15) is 5.56 Å². The number of hydrogen-bond donors (Lipinski definition) is 2. The van der Waals surface area contributed by atoms with Crippen molar-refractivity contribution in [3.63, 3.8) is 0 Å². The van der Waals surface area contributed by atoms with Gasteiger partial charge in [0.2, 0.25) is 10.0 Å². The molecule has 94 valence electrons. The van der Waals surface area contributed by atoms with Gasteiger partial charge in [0, 0.05) is 6.08 Å². The van der Waals surface area contributed by atoms with Crippen LogP contribution in [0, 0.1) is 11.3 Å². The van der Waals surface area contributed by atoms with Gasteiger partial charge in [-0.15, -0.1) is 0 Å². The summed E-state index contributed by atoms with van der Waals surface area (Å²) in [5.41, 5.74) is 0.566. The molecule has 2 N–H and O–H groups in total. The van der Waals surface area contributed by atoms with E-state index < -0.39 is 16.0 Å². The smallest absolute Gasteiger partial charge is 0.328 e. The highest BCUT2D eigenvalue weighted by molar-refractivity contribution is 7.89. The average molecular weight is 266 g/mol. The zero-order valence-corrected chi connectivity index (χ0v) is 10.0. The predicted molar refractivity (Wildman–Crippen MR) is 63.9 cm³/mol. The average Bonchev–Trinajstić information content (AvgIpc) is 2.34. The maximum atomic E-state index is 11.6. The maximum Gasteiger partial charge on any atom is 0.328 e. The molecule has 1 aromatic carbocycles. The first kappa shape index (κ1) is 13.9. The van der Waals surface area contributed by atoms with Crippen LogP contribution in [0.25, 0.3) is 6.08 Å². The SMILES string of the molecule is N#CCNS(=O)(=O)c1ccc(C=CC(=O)O)cc1. The van der Waals surface area contributed by atoms with Gasteiger partial charge in [-0.3, -0.25) is 0 Å². The van der Waals surface area contributed by atoms with Crippen molar-refractivity contribution in [2.75, 3.05) is 6.54 Å². The van der Waals surface area contributed by atoms with E-state index in [0.717, 1.165) is 6.08 Å². The van der Waals surface area contributed by atoms with Crippen molar-refractivity contribution in [1.29, 1.82) is 5.26 Å². The fourth-order valence-corrected chi connectivity index (χ4v) is 2.05. The molecule has 0 unspecified atom stereocenters. The predicted octanol–water partition coefficient (Wildman–Crippen LogP) is 0.586. The Morgan fingerprint density at radius 1 is 1.39 bits per heavy atom. The van der Waals surface area contributed by atoms with Gasteiger partial charge in [-0.1, -0.05) is 12.1 Å². The molecule has 6 nitrogen and oxygen atoms in total. The molecular weight excluding hydrogens is 256 g/mol. The van der Waals surface area contributed by atoms with E-state index in [4.69, 9.17) is 10.4 Å². The lowest BCUT2D eigenvalue weighted by Gasteiger charge is -2.03. The van der Waals surface area contributed by atoms with Gasteiger partial charge in [-0.25, -0.2) is 13.2 Å². The van der Waals surface area contributed by atoms with Crippen molar-refractivity contribution in [3.8, 4) is 6.07 Å². The Kier molecular flexibility index (Phi) is 4.59. The second-order valence-electron chi connectivity index (χ2n) is 3.22. The first-order valence-electron chi connectivity index (χ1n) is 4.83. The first-order valence-corrected chi connectivity index (χ1v) is 6.32. The van der Waals surface area contributed by atoms with E-state index in [-0.39, 0.29) is 11.4 Å². The van der Waals surface area contributed by atoms with E-state index in [9.17, 15) is 13.2 Å². The van der Waals surface area contributed by atoms with E-state index in [1.165, 1.54) is 30.3 Å². The quantitative estimate of drug-likeness (QED) is 0.599. The fourth-order valence-electron chi connectivity index (χ4n) is 1.14. The lowest BCUT2D eigenvalue weighted by atomic mass is 10.2. The third-order valence-corrected chi connectivity index (χ3v) is 3.37. The highest BCUT2D eigenvalue weighted by atomic mass is 32.2. The largest absolute Gasteiger partial charge is 0.478 e. The van der Waals surface area contributed by atoms with Crippen LogP contribution < -0.4 is 4.72 Å². The fraction of sp³-hybridized carbons (Fsp3) is 0.0909. The number of aliphatic carboxylic acids is 1. The number of nitrogens with one attached hydrogen (secondary N) is 1. The highest BCUT2D eigenvalue weighted by Crippen LogP contribution is 2.11. The summed E-state index contributed by atoms with van der Waals surface area (Å²) in [6.45, 7) is -0.303. The second kappa shape index (κ2) is 5.95. The molecule has 0 aliphatic carbocycles. The van der Waals surface area contributed by atoms with Crippen LogP contribution in [0.2, 0.25) is 0 Å². The Labute approximate surface area is 104 Å². The Hall–Kier alpha value is -2.17. The minimum atomic E-state index is -3.68. The summed E-state index contributed by atoms with van der Waals surface area (Å²) in [4.78, 5) is 10.3. The monoisotopic (exact) mass is 266 g/mol. The summed E-state index contributed by atoms with van der Waals surface area (Å²) in [7, 11) is -3.68. The molecule has 0 heterocycles. The summed E-state index contributed by atoms with van der Waals surface area (Å²) in [5, 5.41) is 16.7. The number of rotatable bonds is 5. The molecule has 7 heteroatoms. The minimum Gasteiger partial charge on any atom is -0.478 e. The number of nitrogens with zero attached hydrogens (tertiary/aromatic N) is 1. The summed E-state index contributed by atoms with van der Waals surface area (Å²) >= 11 is 0. The van der Waals surface area contributed by atoms with Crippen LogP contribution in [-0.2, 0) is 14.8 Å². The zero-order chi connectivity index (χ0) is 13.6. The Morgan fingerprint density at radius 2 is 2.00 bits per heavy atom.